The number of thiol groups is 1. The second-order valence-electron chi connectivity index (χ2n) is 5.86. The summed E-state index contributed by atoms with van der Waals surface area (Å²) in [6, 6.07) is 13.9. The third-order valence-electron chi connectivity index (χ3n) is 3.85. The summed E-state index contributed by atoms with van der Waals surface area (Å²) >= 11 is 5.47. The summed E-state index contributed by atoms with van der Waals surface area (Å²) in [5.74, 6) is -0.240. The lowest BCUT2D eigenvalue weighted by molar-refractivity contribution is -0.140. The van der Waals surface area contributed by atoms with Crippen LogP contribution in [0.4, 0.5) is 10.5 Å². The first kappa shape index (κ1) is 22.0. The molecule has 0 saturated heterocycles. The van der Waals surface area contributed by atoms with Gasteiger partial charge < -0.3 is 14.6 Å². The van der Waals surface area contributed by atoms with Gasteiger partial charge in [-0.1, -0.05) is 12.1 Å². The number of rotatable bonds is 9. The van der Waals surface area contributed by atoms with Crippen LogP contribution in [0.3, 0.4) is 0 Å². The van der Waals surface area contributed by atoms with Crippen LogP contribution >= 0.6 is 24.4 Å². The molecule has 1 amide bonds. The lowest BCUT2D eigenvalue weighted by atomic mass is 10.0. The fourth-order valence-electron chi connectivity index (χ4n) is 2.43. The summed E-state index contributed by atoms with van der Waals surface area (Å²) in [4.78, 5) is 24.6. The number of phenols is 1. The molecule has 2 aromatic carbocycles. The maximum Gasteiger partial charge on any atom is 0.412 e. The van der Waals surface area contributed by atoms with Gasteiger partial charge in [0.1, 0.15) is 11.9 Å². The zero-order valence-corrected chi connectivity index (χ0v) is 17.2. The molecule has 2 N–H and O–H groups in total. The van der Waals surface area contributed by atoms with Crippen LogP contribution in [0.5, 0.6) is 5.75 Å². The van der Waals surface area contributed by atoms with Crippen molar-refractivity contribution >= 4 is 42.1 Å². The number of carbonyl (C=O) groups excluding carboxylic acids is 2. The summed E-state index contributed by atoms with van der Waals surface area (Å²) in [6.07, 6.45) is 1.83. The van der Waals surface area contributed by atoms with Crippen molar-refractivity contribution < 1.29 is 24.2 Å². The molecule has 150 valence electrons. The number of aromatic hydroxyl groups is 1. The topological polar surface area (TPSA) is 84.9 Å². The number of phenolic OH excluding ortho intramolecular Hbond substituents is 1. The highest BCUT2D eigenvalue weighted by atomic mass is 32.2. The highest BCUT2D eigenvalue weighted by molar-refractivity contribution is 7.98. The van der Waals surface area contributed by atoms with Crippen molar-refractivity contribution in [2.75, 3.05) is 23.9 Å². The summed E-state index contributed by atoms with van der Waals surface area (Å²) in [6.45, 7) is 0.217. The number of anilines is 1. The number of carbonyl (C=O) groups is 2. The number of benzene rings is 2. The van der Waals surface area contributed by atoms with Crippen molar-refractivity contribution in [2.24, 2.45) is 0 Å². The van der Waals surface area contributed by atoms with E-state index in [0.717, 1.165) is 10.5 Å². The average molecular weight is 422 g/mol. The van der Waals surface area contributed by atoms with Crippen LogP contribution < -0.4 is 5.32 Å². The lowest BCUT2D eigenvalue weighted by Crippen LogP contribution is -2.18. The fraction of sp³-hybridized carbons (Fsp3) is 0.300. The van der Waals surface area contributed by atoms with E-state index in [-0.39, 0.29) is 18.1 Å². The molecule has 2 aromatic rings. The minimum absolute atomic E-state index is 0.0234. The summed E-state index contributed by atoms with van der Waals surface area (Å²) in [5.41, 5.74) is 1.38. The Labute approximate surface area is 174 Å². The van der Waals surface area contributed by atoms with Crippen LogP contribution in [-0.4, -0.2) is 35.8 Å². The number of esters is 1. The van der Waals surface area contributed by atoms with Crippen LogP contribution in [0.1, 0.15) is 24.5 Å². The molecule has 8 heteroatoms. The predicted molar refractivity (Wildman–Crippen MR) is 113 cm³/mol. The quantitative estimate of drug-likeness (QED) is 0.236. The second-order valence-corrected chi connectivity index (χ2v) is 7.06. The van der Waals surface area contributed by atoms with Gasteiger partial charge in [-0.25, -0.2) is 4.79 Å². The SMILES string of the molecule is CSc1ccc(NC(=O)O[C@@H](CCCOC(=O)CS)c2ccc(O)cc2)cc1. The van der Waals surface area contributed by atoms with Crippen molar-refractivity contribution in [3.8, 4) is 5.75 Å². The van der Waals surface area contributed by atoms with Gasteiger partial charge in [0.2, 0.25) is 0 Å². The van der Waals surface area contributed by atoms with Crippen molar-refractivity contribution in [2.45, 2.75) is 23.8 Å². The van der Waals surface area contributed by atoms with Gasteiger partial charge in [-0.2, -0.15) is 12.6 Å². The van der Waals surface area contributed by atoms with E-state index in [4.69, 9.17) is 9.47 Å². The van der Waals surface area contributed by atoms with Gasteiger partial charge in [0.15, 0.2) is 0 Å². The Bertz CT molecular complexity index is 765. The monoisotopic (exact) mass is 421 g/mol. The molecule has 2 rings (SSSR count). The molecule has 1 atom stereocenters. The number of ether oxygens (including phenoxy) is 2. The largest absolute Gasteiger partial charge is 0.508 e. The summed E-state index contributed by atoms with van der Waals surface area (Å²) in [7, 11) is 0. The highest BCUT2D eigenvalue weighted by Crippen LogP contribution is 2.26. The first-order chi connectivity index (χ1) is 13.5. The first-order valence-corrected chi connectivity index (χ1v) is 10.5. The highest BCUT2D eigenvalue weighted by Gasteiger charge is 2.17. The van der Waals surface area contributed by atoms with Crippen LogP contribution in [0.25, 0.3) is 0 Å². The normalized spacial score (nSPS) is 11.5. The maximum atomic E-state index is 12.3. The summed E-state index contributed by atoms with van der Waals surface area (Å²) in [5, 5.41) is 12.2. The number of amides is 1. The molecule has 0 aliphatic rings. The van der Waals surface area contributed by atoms with Crippen molar-refractivity contribution in [3.63, 3.8) is 0 Å². The Morgan fingerprint density at radius 2 is 1.82 bits per heavy atom. The zero-order chi connectivity index (χ0) is 20.4. The van der Waals surface area contributed by atoms with Gasteiger partial charge in [-0.15, -0.1) is 11.8 Å². The van der Waals surface area contributed by atoms with Crippen molar-refractivity contribution in [3.05, 3.63) is 54.1 Å². The van der Waals surface area contributed by atoms with E-state index in [1.165, 1.54) is 12.1 Å². The molecule has 0 aliphatic heterocycles. The van der Waals surface area contributed by atoms with Gasteiger partial charge in [0.25, 0.3) is 0 Å². The molecule has 0 spiro atoms. The number of nitrogens with one attached hydrogen (secondary N) is 1. The van der Waals surface area contributed by atoms with E-state index >= 15 is 0 Å². The fourth-order valence-corrected chi connectivity index (χ4v) is 2.93. The zero-order valence-electron chi connectivity index (χ0n) is 15.5. The Hall–Kier alpha value is -2.32. The molecule has 0 radical (unpaired) electrons. The standard InChI is InChI=1S/C20H23NO5S2/c1-28-17-10-6-15(7-11-17)21-20(24)26-18(3-2-12-25-19(23)13-27)14-4-8-16(22)9-5-14/h4-11,18,22,27H,2-3,12-13H2,1H3,(H,21,24)/t18-/m0/s1. The van der Waals surface area contributed by atoms with Crippen LogP contribution in [-0.2, 0) is 14.3 Å². The van der Waals surface area contributed by atoms with Gasteiger partial charge in [-0.05, 0) is 61.1 Å². The lowest BCUT2D eigenvalue weighted by Gasteiger charge is -2.19. The predicted octanol–water partition coefficient (Wildman–Crippen LogP) is 4.66. The van der Waals surface area contributed by atoms with Gasteiger partial charge in [0, 0.05) is 10.6 Å². The molecule has 0 heterocycles. The van der Waals surface area contributed by atoms with E-state index in [2.05, 4.69) is 17.9 Å². The minimum Gasteiger partial charge on any atom is -0.508 e. The third kappa shape index (κ3) is 7.36. The molecule has 0 bridgehead atoms. The summed E-state index contributed by atoms with van der Waals surface area (Å²) < 4.78 is 10.6. The molecule has 0 unspecified atom stereocenters. The van der Waals surface area contributed by atoms with Gasteiger partial charge >= 0.3 is 12.1 Å². The van der Waals surface area contributed by atoms with Crippen molar-refractivity contribution in [1.82, 2.24) is 0 Å². The molecule has 6 nitrogen and oxygen atoms in total. The molecule has 28 heavy (non-hydrogen) atoms. The van der Waals surface area contributed by atoms with E-state index in [1.807, 2.05) is 18.4 Å². The van der Waals surface area contributed by atoms with Crippen LogP contribution in [0.2, 0.25) is 0 Å². The molecule has 0 aliphatic carbocycles. The van der Waals surface area contributed by atoms with Crippen LogP contribution in [0, 0.1) is 0 Å². The van der Waals surface area contributed by atoms with Crippen LogP contribution in [0.15, 0.2) is 53.4 Å². The maximum absolute atomic E-state index is 12.3. The van der Waals surface area contributed by atoms with E-state index in [1.54, 1.807) is 36.0 Å². The number of hydrogen-bond donors (Lipinski definition) is 3. The van der Waals surface area contributed by atoms with Crippen molar-refractivity contribution in [1.29, 1.82) is 0 Å². The second kappa shape index (κ2) is 11.5. The smallest absolute Gasteiger partial charge is 0.412 e. The molecular formula is C20H23NO5S2. The molecule has 0 saturated carbocycles. The van der Waals surface area contributed by atoms with E-state index in [9.17, 15) is 14.7 Å². The first-order valence-electron chi connectivity index (χ1n) is 8.69. The number of hydrogen-bond acceptors (Lipinski definition) is 7. The van der Waals surface area contributed by atoms with Gasteiger partial charge in [0.05, 0.1) is 12.4 Å². The molecular weight excluding hydrogens is 398 g/mol. The molecule has 0 aromatic heterocycles. The van der Waals surface area contributed by atoms with E-state index in [0.29, 0.717) is 18.5 Å². The van der Waals surface area contributed by atoms with E-state index < -0.39 is 18.2 Å². The molecule has 0 fully saturated rings. The Kier molecular flexibility index (Phi) is 9.03. The average Bonchev–Trinajstić information content (AvgIpc) is 2.71. The van der Waals surface area contributed by atoms with Gasteiger partial charge in [-0.3, -0.25) is 10.1 Å². The Balaban J connectivity index is 1.97. The Morgan fingerprint density at radius 1 is 1.14 bits per heavy atom. The Morgan fingerprint density at radius 3 is 2.43 bits per heavy atom. The third-order valence-corrected chi connectivity index (χ3v) is 4.86. The minimum atomic E-state index is -0.581. The number of thioether (sulfide) groups is 1.